The summed E-state index contributed by atoms with van der Waals surface area (Å²) >= 11 is 0. The molecule has 0 unspecified atom stereocenters. The first-order chi connectivity index (χ1) is 18.1. The van der Waals surface area contributed by atoms with Crippen molar-refractivity contribution in [3.05, 3.63) is 30.0 Å². The number of nitrogens with one attached hydrogen (secondary N) is 6. The first-order valence-corrected chi connectivity index (χ1v) is 12.3. The van der Waals surface area contributed by atoms with Gasteiger partial charge in [-0.25, -0.2) is 0 Å². The Kier molecular flexibility index (Phi) is 11.8. The van der Waals surface area contributed by atoms with E-state index in [0.29, 0.717) is 43.3 Å². The number of phenolic OH excluding ortho intramolecular Hbond substituents is 1. The average Bonchev–Trinajstić information content (AvgIpc) is 3.25. The lowest BCUT2D eigenvalue weighted by atomic mass is 10.0. The van der Waals surface area contributed by atoms with E-state index in [9.17, 15) is 24.3 Å². The number of carbonyl (C=O) groups excluding carboxylic acids is 4. The molecule has 208 valence electrons. The molecule has 0 aliphatic heterocycles. The highest BCUT2D eigenvalue weighted by Crippen LogP contribution is 2.24. The summed E-state index contributed by atoms with van der Waals surface area (Å²) < 4.78 is 0. The van der Waals surface area contributed by atoms with Crippen LogP contribution in [0.3, 0.4) is 0 Å². The molecule has 0 aliphatic carbocycles. The van der Waals surface area contributed by atoms with Crippen molar-refractivity contribution >= 4 is 40.5 Å². The fraction of sp³-hybridized carbons (Fsp3) is 0.458. The van der Waals surface area contributed by atoms with Gasteiger partial charge in [-0.1, -0.05) is 0 Å². The maximum atomic E-state index is 13.0. The first-order valence-electron chi connectivity index (χ1n) is 12.3. The van der Waals surface area contributed by atoms with Crippen LogP contribution in [0.5, 0.6) is 5.75 Å². The largest absolute Gasteiger partial charge is 0.508 e. The van der Waals surface area contributed by atoms with Gasteiger partial charge in [0.05, 0.1) is 6.54 Å². The van der Waals surface area contributed by atoms with E-state index in [1.54, 1.807) is 18.3 Å². The van der Waals surface area contributed by atoms with Crippen molar-refractivity contribution in [2.24, 2.45) is 17.2 Å². The molecule has 4 amide bonds. The maximum Gasteiger partial charge on any atom is 0.243 e. The highest BCUT2D eigenvalue weighted by atomic mass is 16.3. The number of phenols is 1. The Bertz CT molecular complexity index is 1130. The van der Waals surface area contributed by atoms with Crippen molar-refractivity contribution in [2.75, 3.05) is 19.6 Å². The van der Waals surface area contributed by atoms with E-state index in [1.165, 1.54) is 6.07 Å². The SMILES string of the molecule is N=C(N)NCCCC[C@H](NC(=O)CNC(=O)[C@H](Cc1c[nH]c2ccc(O)cc12)NC(=O)CCCN)C(N)=O. The summed E-state index contributed by atoms with van der Waals surface area (Å²) in [6, 6.07) is 2.85. The second-order valence-electron chi connectivity index (χ2n) is 8.84. The van der Waals surface area contributed by atoms with Crippen LogP contribution in [0.1, 0.15) is 37.7 Å². The summed E-state index contributed by atoms with van der Waals surface area (Å²) in [7, 11) is 0. The van der Waals surface area contributed by atoms with Crippen LogP contribution in [-0.4, -0.2) is 71.4 Å². The number of guanidine groups is 1. The number of unbranched alkanes of at least 4 members (excludes halogenated alkanes) is 1. The molecule has 0 bridgehead atoms. The van der Waals surface area contributed by atoms with E-state index in [0.717, 1.165) is 5.52 Å². The lowest BCUT2D eigenvalue weighted by Crippen LogP contribution is -2.52. The van der Waals surface area contributed by atoms with E-state index < -0.39 is 36.3 Å². The van der Waals surface area contributed by atoms with Crippen molar-refractivity contribution in [2.45, 2.75) is 50.6 Å². The minimum absolute atomic E-state index is 0.0575. The minimum Gasteiger partial charge on any atom is -0.508 e. The lowest BCUT2D eigenvalue weighted by Gasteiger charge is -2.19. The quantitative estimate of drug-likeness (QED) is 0.0682. The van der Waals surface area contributed by atoms with E-state index in [4.69, 9.17) is 22.6 Å². The second kappa shape index (κ2) is 15.0. The van der Waals surface area contributed by atoms with Crippen molar-refractivity contribution in [3.63, 3.8) is 0 Å². The van der Waals surface area contributed by atoms with Gasteiger partial charge in [0.1, 0.15) is 17.8 Å². The highest BCUT2D eigenvalue weighted by Gasteiger charge is 2.24. The third-order valence-electron chi connectivity index (χ3n) is 5.77. The molecule has 1 heterocycles. The Morgan fingerprint density at radius 3 is 2.42 bits per heavy atom. The zero-order valence-corrected chi connectivity index (χ0v) is 21.1. The maximum absolute atomic E-state index is 13.0. The Balaban J connectivity index is 1.99. The number of aromatic amines is 1. The highest BCUT2D eigenvalue weighted by molar-refractivity contribution is 5.93. The van der Waals surface area contributed by atoms with Crippen LogP contribution in [0.4, 0.5) is 0 Å². The van der Waals surface area contributed by atoms with Gasteiger partial charge in [0.25, 0.3) is 0 Å². The van der Waals surface area contributed by atoms with E-state index in [1.807, 2.05) is 0 Å². The number of hydrogen-bond acceptors (Lipinski definition) is 7. The molecule has 1 aromatic heterocycles. The summed E-state index contributed by atoms with van der Waals surface area (Å²) in [5, 5.41) is 28.0. The summed E-state index contributed by atoms with van der Waals surface area (Å²) in [5.74, 6) is -2.39. The molecule has 14 nitrogen and oxygen atoms in total. The number of aromatic hydroxyl groups is 1. The summed E-state index contributed by atoms with van der Waals surface area (Å²) in [4.78, 5) is 52.6. The normalized spacial score (nSPS) is 12.3. The number of H-pyrrole nitrogens is 1. The number of nitrogens with two attached hydrogens (primary N) is 3. The van der Waals surface area contributed by atoms with Gasteiger partial charge in [-0.15, -0.1) is 0 Å². The first kappa shape index (κ1) is 29.9. The molecule has 0 saturated carbocycles. The zero-order valence-electron chi connectivity index (χ0n) is 21.1. The summed E-state index contributed by atoms with van der Waals surface area (Å²) in [5.41, 5.74) is 17.5. The molecule has 38 heavy (non-hydrogen) atoms. The number of primary amides is 1. The van der Waals surface area contributed by atoms with Crippen LogP contribution in [-0.2, 0) is 25.6 Å². The molecule has 14 heteroatoms. The van der Waals surface area contributed by atoms with Crippen LogP contribution < -0.4 is 38.5 Å². The van der Waals surface area contributed by atoms with Gasteiger partial charge < -0.3 is 48.6 Å². The molecule has 0 spiro atoms. The molecule has 13 N–H and O–H groups in total. The summed E-state index contributed by atoms with van der Waals surface area (Å²) in [6.07, 6.45) is 3.79. The average molecular weight is 532 g/mol. The van der Waals surface area contributed by atoms with E-state index in [-0.39, 0.29) is 36.9 Å². The summed E-state index contributed by atoms with van der Waals surface area (Å²) in [6.45, 7) is 0.331. The third-order valence-corrected chi connectivity index (χ3v) is 5.77. The van der Waals surface area contributed by atoms with Crippen LogP contribution in [0.2, 0.25) is 0 Å². The van der Waals surface area contributed by atoms with Gasteiger partial charge in [-0.3, -0.25) is 24.6 Å². The molecule has 1 aromatic carbocycles. The van der Waals surface area contributed by atoms with Gasteiger partial charge in [0.2, 0.25) is 23.6 Å². The van der Waals surface area contributed by atoms with Gasteiger partial charge in [0.15, 0.2) is 5.96 Å². The van der Waals surface area contributed by atoms with E-state index in [2.05, 4.69) is 26.3 Å². The van der Waals surface area contributed by atoms with Crippen LogP contribution in [0, 0.1) is 5.41 Å². The molecule has 2 aromatic rings. The number of hydrogen-bond donors (Lipinski definition) is 10. The van der Waals surface area contributed by atoms with Crippen LogP contribution in [0.25, 0.3) is 10.9 Å². The van der Waals surface area contributed by atoms with Gasteiger partial charge >= 0.3 is 0 Å². The Morgan fingerprint density at radius 1 is 1.00 bits per heavy atom. The molecular weight excluding hydrogens is 494 g/mol. The fourth-order valence-electron chi connectivity index (χ4n) is 3.81. The standard InChI is InChI=1S/C24H37N9O5/c25-8-3-5-20(35)33-19(10-14-12-30-17-7-6-15(34)11-16(14)17)23(38)31-13-21(36)32-18(22(26)37)4-1-2-9-29-24(27)28/h6-7,11-12,18-19,30,34H,1-5,8-10,13,25H2,(H2,26,37)(H,31,38)(H,32,36)(H,33,35)(H4,27,28,29)/t18-,19-/m0/s1. The topological polar surface area (TPSA) is 254 Å². The van der Waals surface area contributed by atoms with Crippen molar-refractivity contribution < 1.29 is 24.3 Å². The molecule has 0 aliphatic rings. The molecule has 0 fully saturated rings. The van der Waals surface area contributed by atoms with Gasteiger partial charge in [-0.2, -0.15) is 0 Å². The molecular formula is C24H37N9O5. The molecule has 0 radical (unpaired) electrons. The zero-order chi connectivity index (χ0) is 28.1. The minimum atomic E-state index is -1.00. The Labute approximate surface area is 220 Å². The number of aromatic nitrogens is 1. The smallest absolute Gasteiger partial charge is 0.243 e. The van der Waals surface area contributed by atoms with Crippen molar-refractivity contribution in [1.29, 1.82) is 5.41 Å². The fourth-order valence-corrected chi connectivity index (χ4v) is 3.81. The van der Waals surface area contributed by atoms with Crippen molar-refractivity contribution in [3.8, 4) is 5.75 Å². The molecule has 2 rings (SSSR count). The Hall–Kier alpha value is -4.33. The van der Waals surface area contributed by atoms with Crippen LogP contribution >= 0.6 is 0 Å². The number of rotatable bonds is 16. The number of amides is 4. The van der Waals surface area contributed by atoms with E-state index >= 15 is 0 Å². The predicted octanol–water partition coefficient (Wildman–Crippen LogP) is -1.62. The lowest BCUT2D eigenvalue weighted by molar-refractivity contribution is -0.131. The van der Waals surface area contributed by atoms with Crippen LogP contribution in [0.15, 0.2) is 24.4 Å². The number of fused-ring (bicyclic) bond motifs is 1. The number of benzene rings is 1. The second-order valence-corrected chi connectivity index (χ2v) is 8.84. The number of carbonyl (C=O) groups is 4. The van der Waals surface area contributed by atoms with Gasteiger partial charge in [-0.05, 0) is 56.0 Å². The van der Waals surface area contributed by atoms with Crippen molar-refractivity contribution in [1.82, 2.24) is 26.3 Å². The predicted molar refractivity (Wildman–Crippen MR) is 142 cm³/mol. The van der Waals surface area contributed by atoms with Gasteiger partial charge in [0, 0.05) is 36.5 Å². The monoisotopic (exact) mass is 531 g/mol. The molecule has 0 saturated heterocycles. The third kappa shape index (κ3) is 9.97. The molecule has 2 atom stereocenters. The Morgan fingerprint density at radius 2 is 1.74 bits per heavy atom.